The zero-order valence-electron chi connectivity index (χ0n) is 8.96. The number of benzene rings is 1. The summed E-state index contributed by atoms with van der Waals surface area (Å²) in [4.78, 5) is 9.96. The number of hydrogen-bond acceptors (Lipinski definition) is 3. The average molecular weight is 229 g/mol. The maximum Gasteiger partial charge on any atom is 0.357 e. The summed E-state index contributed by atoms with van der Waals surface area (Å²) in [7, 11) is -3.07. The first kappa shape index (κ1) is 12.4. The quantitative estimate of drug-likeness (QED) is 0.788. The van der Waals surface area contributed by atoms with Crippen molar-refractivity contribution in [3.63, 3.8) is 0 Å². The summed E-state index contributed by atoms with van der Waals surface area (Å²) >= 11 is 0. The van der Waals surface area contributed by atoms with Crippen LogP contribution in [0.4, 0.5) is 5.69 Å². The van der Waals surface area contributed by atoms with Crippen molar-refractivity contribution in [2.45, 2.75) is 13.8 Å². The Morgan fingerprint density at radius 1 is 1.13 bits per heavy atom. The van der Waals surface area contributed by atoms with E-state index in [1.54, 1.807) is 26.0 Å². The second-order valence-corrected chi connectivity index (χ2v) is 4.46. The first-order valence-electron chi connectivity index (χ1n) is 4.89. The van der Waals surface area contributed by atoms with Gasteiger partial charge in [0.25, 0.3) is 0 Å². The van der Waals surface area contributed by atoms with Crippen LogP contribution in [-0.2, 0) is 9.05 Å². The van der Waals surface area contributed by atoms with Crippen LogP contribution >= 0.6 is 7.74 Å². The van der Waals surface area contributed by atoms with Gasteiger partial charge >= 0.3 is 7.74 Å². The molecule has 0 saturated heterocycles. The van der Waals surface area contributed by atoms with Gasteiger partial charge in [0.1, 0.15) is 0 Å². The smallest absolute Gasteiger partial charge is 0.318 e. The number of nitrogens with zero attached hydrogens (tertiary/aromatic N) is 1. The van der Waals surface area contributed by atoms with E-state index in [-0.39, 0.29) is 0 Å². The van der Waals surface area contributed by atoms with E-state index in [1.165, 1.54) is 0 Å². The van der Waals surface area contributed by atoms with Gasteiger partial charge in [-0.2, -0.15) is 4.74 Å². The molecule has 0 atom stereocenters. The van der Waals surface area contributed by atoms with Crippen LogP contribution in [0.5, 0.6) is 0 Å². The van der Waals surface area contributed by atoms with Gasteiger partial charge in [-0.05, 0) is 26.0 Å². The molecule has 4 nitrogen and oxygen atoms in total. The van der Waals surface area contributed by atoms with Crippen molar-refractivity contribution in [3.05, 3.63) is 30.3 Å². The predicted octanol–water partition coefficient (Wildman–Crippen LogP) is 3.33. The molecule has 0 aromatic heterocycles. The molecule has 0 aliphatic rings. The molecule has 1 rings (SSSR count). The lowest BCUT2D eigenvalue weighted by Crippen LogP contribution is -1.94. The zero-order chi connectivity index (χ0) is 11.1. The molecule has 0 spiro atoms. The van der Waals surface area contributed by atoms with E-state index in [2.05, 4.69) is 4.74 Å². The summed E-state index contributed by atoms with van der Waals surface area (Å²) in [6.45, 7) is 4.34. The fraction of sp³-hybridized carbons (Fsp3) is 0.400. The first-order chi connectivity index (χ1) is 7.20. The molecule has 0 heterocycles. The predicted molar refractivity (Wildman–Crippen MR) is 60.9 cm³/mol. The maximum absolute atomic E-state index is 9.96. The lowest BCUT2D eigenvalue weighted by atomic mass is 10.3. The van der Waals surface area contributed by atoms with Gasteiger partial charge in [0.05, 0.1) is 18.9 Å². The van der Waals surface area contributed by atoms with Gasteiger partial charge in [0.2, 0.25) is 0 Å². The Morgan fingerprint density at radius 3 is 2.13 bits per heavy atom. The molecule has 1 N–H and O–H groups in total. The molecule has 0 amide bonds. The van der Waals surface area contributed by atoms with Crippen molar-refractivity contribution >= 4 is 13.4 Å². The zero-order valence-corrected chi connectivity index (χ0v) is 9.85. The van der Waals surface area contributed by atoms with Crippen molar-refractivity contribution in [1.82, 2.24) is 0 Å². The minimum absolute atomic E-state index is 0.376. The standard InChI is InChI=1S/C10H16NO3P/c1-3-13-15(12,14-4-2)11-10-8-6-5-7-9-10/h5-9,12H,3-4H2,1-2H3. The molecule has 0 radical (unpaired) electrons. The van der Waals surface area contributed by atoms with Gasteiger partial charge in [-0.25, -0.2) is 0 Å². The van der Waals surface area contributed by atoms with E-state index in [0.29, 0.717) is 18.9 Å². The largest absolute Gasteiger partial charge is 0.357 e. The second kappa shape index (κ2) is 6.03. The Labute approximate surface area is 90.2 Å². The molecule has 1 aromatic carbocycles. The number of hydrogen-bond donors (Lipinski definition) is 1. The Kier molecular flexibility index (Phi) is 4.99. The molecule has 5 heteroatoms. The van der Waals surface area contributed by atoms with Gasteiger partial charge in [-0.15, -0.1) is 0 Å². The molecule has 0 aliphatic carbocycles. The van der Waals surface area contributed by atoms with Gasteiger partial charge in [-0.3, -0.25) is 0 Å². The third-order valence-electron chi connectivity index (χ3n) is 1.59. The summed E-state index contributed by atoms with van der Waals surface area (Å²) in [6.07, 6.45) is 0. The molecular weight excluding hydrogens is 213 g/mol. The van der Waals surface area contributed by atoms with Gasteiger partial charge in [0.15, 0.2) is 0 Å². The summed E-state index contributed by atoms with van der Waals surface area (Å²) in [5, 5.41) is 0. The topological polar surface area (TPSA) is 51.0 Å². The second-order valence-electron chi connectivity index (χ2n) is 2.76. The van der Waals surface area contributed by atoms with E-state index >= 15 is 0 Å². The van der Waals surface area contributed by atoms with Crippen LogP contribution in [0.2, 0.25) is 0 Å². The van der Waals surface area contributed by atoms with E-state index < -0.39 is 7.74 Å². The van der Waals surface area contributed by atoms with Crippen molar-refractivity contribution < 1.29 is 13.9 Å². The number of rotatable bonds is 5. The van der Waals surface area contributed by atoms with Crippen molar-refractivity contribution in [3.8, 4) is 0 Å². The molecule has 1 aromatic rings. The summed E-state index contributed by atoms with van der Waals surface area (Å²) in [6, 6.07) is 9.17. The molecule has 0 aliphatic heterocycles. The van der Waals surface area contributed by atoms with Crippen molar-refractivity contribution in [2.24, 2.45) is 4.74 Å². The minimum Gasteiger partial charge on any atom is -0.318 e. The van der Waals surface area contributed by atoms with Crippen LogP contribution in [0.25, 0.3) is 0 Å². The average Bonchev–Trinajstić information content (AvgIpc) is 2.19. The van der Waals surface area contributed by atoms with Crippen LogP contribution in [-0.4, -0.2) is 18.1 Å². The Bertz CT molecular complexity index is 330. The molecule has 0 saturated carbocycles. The highest BCUT2D eigenvalue weighted by molar-refractivity contribution is 7.50. The van der Waals surface area contributed by atoms with E-state index in [1.807, 2.05) is 18.2 Å². The lowest BCUT2D eigenvalue weighted by molar-refractivity contribution is 0.202. The van der Waals surface area contributed by atoms with Gasteiger partial charge in [0, 0.05) is 0 Å². The Morgan fingerprint density at radius 2 is 1.67 bits per heavy atom. The maximum atomic E-state index is 9.96. The molecular formula is C10H16NO3P. The molecule has 0 unspecified atom stereocenters. The summed E-state index contributed by atoms with van der Waals surface area (Å²) in [5.41, 5.74) is 0.662. The third kappa shape index (κ3) is 4.14. The molecule has 15 heavy (non-hydrogen) atoms. The highest BCUT2D eigenvalue weighted by Crippen LogP contribution is 2.49. The van der Waals surface area contributed by atoms with Crippen LogP contribution in [0.15, 0.2) is 35.1 Å². The van der Waals surface area contributed by atoms with Crippen molar-refractivity contribution in [1.29, 1.82) is 0 Å². The normalized spacial score (nSPS) is 11.4. The molecule has 0 bridgehead atoms. The lowest BCUT2D eigenvalue weighted by Gasteiger charge is -2.15. The van der Waals surface area contributed by atoms with Crippen molar-refractivity contribution in [2.75, 3.05) is 13.2 Å². The third-order valence-corrected chi connectivity index (χ3v) is 3.27. The van der Waals surface area contributed by atoms with E-state index in [9.17, 15) is 4.89 Å². The van der Waals surface area contributed by atoms with Gasteiger partial charge < -0.3 is 13.9 Å². The Hall–Kier alpha value is -0.670. The van der Waals surface area contributed by atoms with E-state index in [4.69, 9.17) is 9.05 Å². The first-order valence-corrected chi connectivity index (χ1v) is 6.42. The van der Waals surface area contributed by atoms with E-state index in [0.717, 1.165) is 0 Å². The molecule has 0 fully saturated rings. The van der Waals surface area contributed by atoms with Crippen LogP contribution in [0.3, 0.4) is 0 Å². The van der Waals surface area contributed by atoms with Crippen LogP contribution < -0.4 is 0 Å². The summed E-state index contributed by atoms with van der Waals surface area (Å²) < 4.78 is 14.4. The highest BCUT2D eigenvalue weighted by Gasteiger charge is 2.16. The summed E-state index contributed by atoms with van der Waals surface area (Å²) in [5.74, 6) is 0. The molecule has 84 valence electrons. The SMILES string of the molecule is CCOP(O)(=Nc1ccccc1)OCC. The Balaban J connectivity index is 2.93. The highest BCUT2D eigenvalue weighted by atomic mass is 31.2. The minimum atomic E-state index is -3.07. The fourth-order valence-corrected chi connectivity index (χ4v) is 2.36. The van der Waals surface area contributed by atoms with Gasteiger partial charge in [-0.1, -0.05) is 18.2 Å². The van der Waals surface area contributed by atoms with Crippen LogP contribution in [0, 0.1) is 0 Å². The fourth-order valence-electron chi connectivity index (χ4n) is 1.07. The van der Waals surface area contributed by atoms with Crippen LogP contribution in [0.1, 0.15) is 13.8 Å². The monoisotopic (exact) mass is 229 g/mol.